The Kier molecular flexibility index (Phi) is 3.84. The van der Waals surface area contributed by atoms with E-state index in [9.17, 15) is 0 Å². The van der Waals surface area contributed by atoms with E-state index in [0.717, 1.165) is 21.9 Å². The summed E-state index contributed by atoms with van der Waals surface area (Å²) in [6.07, 6.45) is 10.1. The van der Waals surface area contributed by atoms with Gasteiger partial charge in [0.2, 0.25) is 0 Å². The lowest BCUT2D eigenvalue weighted by Crippen LogP contribution is -2.03. The summed E-state index contributed by atoms with van der Waals surface area (Å²) in [7, 11) is 0. The van der Waals surface area contributed by atoms with Crippen molar-refractivity contribution >= 4 is 47.1 Å². The number of benzene rings is 2. The molecule has 2 aromatic carbocycles. The quantitative estimate of drug-likeness (QED) is 0.489. The van der Waals surface area contributed by atoms with Crippen LogP contribution in [0, 0.1) is 11.8 Å². The van der Waals surface area contributed by atoms with E-state index in [1.165, 1.54) is 47.9 Å². The monoisotopic (exact) mass is 410 g/mol. The molecule has 0 bridgehead atoms. The van der Waals surface area contributed by atoms with Gasteiger partial charge in [0, 0.05) is 10.0 Å². The fourth-order valence-electron chi connectivity index (χ4n) is 4.65. The molecule has 0 aromatic heterocycles. The first kappa shape index (κ1) is 16.8. The predicted molar refractivity (Wildman–Crippen MR) is 117 cm³/mol. The minimum atomic E-state index is 0.420. The molecule has 136 valence electrons. The minimum Gasteiger partial charge on any atom is -0.136 e. The van der Waals surface area contributed by atoms with E-state index in [4.69, 9.17) is 23.2 Å². The summed E-state index contributed by atoms with van der Waals surface area (Å²) in [5.74, 6) is 1.50. The Bertz CT molecular complexity index is 930. The normalized spacial score (nSPS) is 25.9. The third-order valence-electron chi connectivity index (χ3n) is 6.34. The third-order valence-corrected chi connectivity index (χ3v) is 8.59. The van der Waals surface area contributed by atoms with Gasteiger partial charge in [0.15, 0.2) is 0 Å². The maximum absolute atomic E-state index is 6.55. The first-order valence-electron chi connectivity index (χ1n) is 9.86. The molecule has 2 fully saturated rings. The summed E-state index contributed by atoms with van der Waals surface area (Å²) >= 11 is 15.2. The highest BCUT2D eigenvalue weighted by Crippen LogP contribution is 2.62. The van der Waals surface area contributed by atoms with Gasteiger partial charge < -0.3 is 0 Å². The lowest BCUT2D eigenvalue weighted by atomic mass is 10.1. The van der Waals surface area contributed by atoms with Crippen LogP contribution < -0.4 is 0 Å². The van der Waals surface area contributed by atoms with E-state index >= 15 is 0 Å². The van der Waals surface area contributed by atoms with Crippen molar-refractivity contribution < 1.29 is 0 Å². The Hall–Kier alpha value is -1.15. The Balaban J connectivity index is 1.42. The van der Waals surface area contributed by atoms with Crippen LogP contribution in [0.2, 0.25) is 10.0 Å². The van der Waals surface area contributed by atoms with Crippen molar-refractivity contribution in [3.63, 3.8) is 0 Å². The summed E-state index contributed by atoms with van der Waals surface area (Å²) in [5, 5.41) is 2.62. The van der Waals surface area contributed by atoms with E-state index in [2.05, 4.69) is 48.2 Å². The lowest BCUT2D eigenvalue weighted by Gasteiger charge is -2.24. The lowest BCUT2D eigenvalue weighted by molar-refractivity contribution is 0.918. The molecule has 3 heteroatoms. The highest BCUT2D eigenvalue weighted by atomic mass is 35.5. The first-order valence-corrected chi connectivity index (χ1v) is 11.6. The molecule has 6 rings (SSSR count). The fraction of sp³-hybridized carbons (Fsp3) is 0.333. The van der Waals surface area contributed by atoms with Crippen LogP contribution in [0.3, 0.4) is 0 Å². The number of hydrogen-bond acceptors (Lipinski definition) is 1. The van der Waals surface area contributed by atoms with Crippen molar-refractivity contribution in [1.29, 1.82) is 0 Å². The van der Waals surface area contributed by atoms with E-state index < -0.39 is 0 Å². The Morgan fingerprint density at radius 1 is 0.667 bits per heavy atom. The molecule has 0 saturated heterocycles. The molecule has 0 N–H and O–H groups in total. The highest BCUT2D eigenvalue weighted by Gasteiger charge is 2.42. The zero-order valence-electron chi connectivity index (χ0n) is 14.9. The molecule has 2 atom stereocenters. The number of thioether (sulfide) groups is 1. The molecule has 0 spiro atoms. The molecular formula is C24H20Cl2S. The molecule has 0 aliphatic heterocycles. The van der Waals surface area contributed by atoms with Crippen LogP contribution in [-0.4, -0.2) is 0 Å². The third kappa shape index (κ3) is 2.74. The van der Waals surface area contributed by atoms with Gasteiger partial charge in [0.1, 0.15) is 0 Å². The van der Waals surface area contributed by atoms with Crippen molar-refractivity contribution in [2.45, 2.75) is 36.2 Å². The van der Waals surface area contributed by atoms with Gasteiger partial charge in [-0.15, -0.1) is 11.8 Å². The van der Waals surface area contributed by atoms with E-state index in [1.807, 2.05) is 12.1 Å². The largest absolute Gasteiger partial charge is 0.136 e. The fourth-order valence-corrected chi connectivity index (χ4v) is 6.93. The molecule has 0 nitrogen and oxygen atoms in total. The number of halogens is 2. The van der Waals surface area contributed by atoms with Crippen LogP contribution in [0.15, 0.2) is 47.5 Å². The topological polar surface area (TPSA) is 0 Å². The summed E-state index contributed by atoms with van der Waals surface area (Å²) in [5.41, 5.74) is 8.49. The molecule has 2 unspecified atom stereocenters. The summed E-state index contributed by atoms with van der Waals surface area (Å²) < 4.78 is 0. The second-order valence-electron chi connectivity index (χ2n) is 8.22. The first-order chi connectivity index (χ1) is 13.2. The molecule has 2 aromatic rings. The van der Waals surface area contributed by atoms with Gasteiger partial charge >= 0.3 is 0 Å². The van der Waals surface area contributed by atoms with Crippen LogP contribution in [-0.2, 0) is 0 Å². The number of hydrogen-bond donors (Lipinski definition) is 0. The van der Waals surface area contributed by atoms with Gasteiger partial charge in [-0.1, -0.05) is 59.6 Å². The van der Waals surface area contributed by atoms with Crippen LogP contribution in [0.1, 0.15) is 58.4 Å². The molecule has 4 aliphatic carbocycles. The molecule has 4 aliphatic rings. The Morgan fingerprint density at radius 3 is 1.52 bits per heavy atom. The summed E-state index contributed by atoms with van der Waals surface area (Å²) in [4.78, 5) is 0. The summed E-state index contributed by atoms with van der Waals surface area (Å²) in [6.45, 7) is 0. The standard InChI is InChI=1S/C24H20Cl2S/c25-21-5-1-3-15-19(21)11-17(13-7-8-13)23(15)27-24-16-4-2-6-22(26)20(16)12-18(24)14-9-10-14/h1-6,11-14,23-24H,7-10H2. The Morgan fingerprint density at radius 2 is 1.11 bits per heavy atom. The van der Waals surface area contributed by atoms with Gasteiger partial charge in [-0.3, -0.25) is 0 Å². The highest BCUT2D eigenvalue weighted by molar-refractivity contribution is 8.00. The van der Waals surface area contributed by atoms with Crippen molar-refractivity contribution in [2.75, 3.05) is 0 Å². The van der Waals surface area contributed by atoms with Crippen LogP contribution in [0.5, 0.6) is 0 Å². The van der Waals surface area contributed by atoms with Crippen molar-refractivity contribution in [3.8, 4) is 0 Å². The van der Waals surface area contributed by atoms with Crippen LogP contribution in [0.25, 0.3) is 12.2 Å². The molecular weight excluding hydrogens is 391 g/mol. The van der Waals surface area contributed by atoms with Gasteiger partial charge in [0.25, 0.3) is 0 Å². The van der Waals surface area contributed by atoms with Gasteiger partial charge in [0.05, 0.1) is 10.5 Å². The van der Waals surface area contributed by atoms with Gasteiger partial charge in [-0.25, -0.2) is 0 Å². The number of fused-ring (bicyclic) bond motifs is 2. The molecule has 27 heavy (non-hydrogen) atoms. The van der Waals surface area contributed by atoms with Crippen LogP contribution in [0.4, 0.5) is 0 Å². The van der Waals surface area contributed by atoms with E-state index in [-0.39, 0.29) is 0 Å². The molecule has 0 amide bonds. The minimum absolute atomic E-state index is 0.420. The van der Waals surface area contributed by atoms with Gasteiger partial charge in [-0.2, -0.15) is 0 Å². The molecule has 0 heterocycles. The maximum atomic E-state index is 6.55. The van der Waals surface area contributed by atoms with Crippen molar-refractivity contribution in [3.05, 3.63) is 79.8 Å². The van der Waals surface area contributed by atoms with E-state index in [1.54, 1.807) is 11.1 Å². The smallest absolute Gasteiger partial charge is 0.0528 e. The zero-order chi connectivity index (χ0) is 18.1. The average molecular weight is 411 g/mol. The molecule has 0 radical (unpaired) electrons. The second-order valence-corrected chi connectivity index (χ2v) is 10.2. The van der Waals surface area contributed by atoms with Crippen LogP contribution >= 0.6 is 35.0 Å². The molecule has 2 saturated carbocycles. The maximum Gasteiger partial charge on any atom is 0.0528 e. The average Bonchev–Trinajstić information content (AvgIpc) is 3.59. The van der Waals surface area contributed by atoms with Crippen molar-refractivity contribution in [1.82, 2.24) is 0 Å². The number of rotatable bonds is 4. The van der Waals surface area contributed by atoms with Crippen molar-refractivity contribution in [2.24, 2.45) is 11.8 Å². The zero-order valence-corrected chi connectivity index (χ0v) is 17.2. The van der Waals surface area contributed by atoms with E-state index in [0.29, 0.717) is 10.5 Å². The predicted octanol–water partition coefficient (Wildman–Crippen LogP) is 8.12. The van der Waals surface area contributed by atoms with Gasteiger partial charge in [-0.05, 0) is 83.1 Å². The Labute approximate surface area is 174 Å². The summed E-state index contributed by atoms with van der Waals surface area (Å²) in [6, 6.07) is 12.8. The SMILES string of the molecule is Clc1cccc2c1C=C(C1CC1)C2SC1C(C2CC2)=Cc2c(Cl)cccc21. The second kappa shape index (κ2) is 6.17.